The first-order valence-electron chi connectivity index (χ1n) is 7.98. The Morgan fingerprint density at radius 3 is 2.57 bits per heavy atom. The second kappa shape index (κ2) is 6.58. The van der Waals surface area contributed by atoms with Crippen LogP contribution in [0.25, 0.3) is 0 Å². The third-order valence-electron chi connectivity index (χ3n) is 4.45. The predicted molar refractivity (Wildman–Crippen MR) is 81.5 cm³/mol. The number of hydrogen-bond acceptors (Lipinski definition) is 3. The summed E-state index contributed by atoms with van der Waals surface area (Å²) in [5.41, 5.74) is 2.35. The molecule has 114 valence electrons. The molecule has 0 radical (unpaired) electrons. The molecule has 1 aromatic rings. The lowest BCUT2D eigenvalue weighted by atomic mass is 10.0. The van der Waals surface area contributed by atoms with Crippen LogP contribution < -0.4 is 0 Å². The van der Waals surface area contributed by atoms with Crippen LogP contribution in [0.2, 0.25) is 0 Å². The lowest BCUT2D eigenvalue weighted by Crippen LogP contribution is -2.53. The Balaban J connectivity index is 1.65. The van der Waals surface area contributed by atoms with E-state index < -0.39 is 0 Å². The van der Waals surface area contributed by atoms with Crippen molar-refractivity contribution >= 4 is 5.91 Å². The molecule has 0 saturated carbocycles. The molecule has 4 heteroatoms. The number of aryl methyl sites for hydroxylation is 1. The zero-order valence-electron chi connectivity index (χ0n) is 12.8. The van der Waals surface area contributed by atoms with E-state index in [2.05, 4.69) is 36.1 Å². The van der Waals surface area contributed by atoms with E-state index in [1.165, 1.54) is 24.8 Å². The number of hydrogen-bond donors (Lipinski definition) is 0. The minimum atomic E-state index is 0.0181. The van der Waals surface area contributed by atoms with E-state index in [-0.39, 0.29) is 11.9 Å². The maximum Gasteiger partial charge on any atom is 0.263 e. The summed E-state index contributed by atoms with van der Waals surface area (Å²) in [4.78, 5) is 20.6. The van der Waals surface area contributed by atoms with E-state index in [9.17, 15) is 4.79 Å². The Hall–Kier alpha value is -1.39. The fourth-order valence-electron chi connectivity index (χ4n) is 3.18. The summed E-state index contributed by atoms with van der Waals surface area (Å²) in [5, 5.41) is 1.56. The molecule has 2 aliphatic heterocycles. The van der Waals surface area contributed by atoms with Crippen LogP contribution in [0.1, 0.15) is 36.8 Å². The molecule has 0 aromatic heterocycles. The molecular formula is C17H24N2O2. The molecule has 1 amide bonds. The van der Waals surface area contributed by atoms with Crippen molar-refractivity contribution in [3.8, 4) is 0 Å². The fraction of sp³-hybridized carbons (Fsp3) is 0.588. The second-order valence-electron chi connectivity index (χ2n) is 6.09. The van der Waals surface area contributed by atoms with Gasteiger partial charge in [0.15, 0.2) is 0 Å². The quantitative estimate of drug-likeness (QED) is 0.857. The minimum Gasteiger partial charge on any atom is -0.292 e. The van der Waals surface area contributed by atoms with Crippen LogP contribution in [0, 0.1) is 6.92 Å². The highest BCUT2D eigenvalue weighted by molar-refractivity contribution is 5.81. The molecule has 4 nitrogen and oxygen atoms in total. The molecule has 0 aliphatic carbocycles. The molecule has 2 aliphatic rings. The Labute approximate surface area is 126 Å². The van der Waals surface area contributed by atoms with Gasteiger partial charge >= 0.3 is 0 Å². The zero-order chi connectivity index (χ0) is 14.7. The monoisotopic (exact) mass is 288 g/mol. The molecule has 2 fully saturated rings. The number of piperidine rings is 1. The Bertz CT molecular complexity index is 480. The maximum atomic E-state index is 12.7. The number of benzene rings is 1. The number of likely N-dealkylation sites (tertiary alicyclic amines) is 1. The summed E-state index contributed by atoms with van der Waals surface area (Å²) in [6, 6.07) is 8.30. The Morgan fingerprint density at radius 2 is 1.86 bits per heavy atom. The first-order valence-corrected chi connectivity index (χ1v) is 7.98. The highest BCUT2D eigenvalue weighted by Crippen LogP contribution is 2.21. The molecule has 0 spiro atoms. The van der Waals surface area contributed by atoms with Crippen LogP contribution in [-0.2, 0) is 16.2 Å². The van der Waals surface area contributed by atoms with E-state index in [0.29, 0.717) is 13.2 Å². The van der Waals surface area contributed by atoms with Gasteiger partial charge < -0.3 is 0 Å². The number of carbonyl (C=O) groups excluding carboxylic acids is 1. The standard InChI is InChI=1S/C17H24N2O2/c1-14-5-7-15(8-6-14)13-19-17(20)16(9-12-21-19)18-10-3-2-4-11-18/h5-8,16H,2-4,9-13H2,1H3. The summed E-state index contributed by atoms with van der Waals surface area (Å²) in [5.74, 6) is 0.128. The lowest BCUT2D eigenvalue weighted by Gasteiger charge is -2.39. The van der Waals surface area contributed by atoms with Gasteiger partial charge in [0.25, 0.3) is 5.91 Å². The topological polar surface area (TPSA) is 32.8 Å². The minimum absolute atomic E-state index is 0.0181. The molecule has 1 atom stereocenters. The predicted octanol–water partition coefficient (Wildman–Crippen LogP) is 2.51. The van der Waals surface area contributed by atoms with Crippen LogP contribution in [0.4, 0.5) is 0 Å². The summed E-state index contributed by atoms with van der Waals surface area (Å²) in [6.45, 7) is 5.35. The Morgan fingerprint density at radius 1 is 1.14 bits per heavy atom. The van der Waals surface area contributed by atoms with Crippen molar-refractivity contribution in [2.45, 2.75) is 45.2 Å². The first-order chi connectivity index (χ1) is 10.2. The second-order valence-corrected chi connectivity index (χ2v) is 6.09. The first kappa shape index (κ1) is 14.5. The zero-order valence-corrected chi connectivity index (χ0v) is 12.8. The van der Waals surface area contributed by atoms with Gasteiger partial charge in [0.2, 0.25) is 0 Å². The van der Waals surface area contributed by atoms with Crippen molar-refractivity contribution in [1.29, 1.82) is 0 Å². The molecule has 0 N–H and O–H groups in total. The van der Waals surface area contributed by atoms with Crippen molar-refractivity contribution in [3.05, 3.63) is 35.4 Å². The number of carbonyl (C=O) groups is 1. The van der Waals surface area contributed by atoms with E-state index in [4.69, 9.17) is 4.84 Å². The smallest absolute Gasteiger partial charge is 0.263 e. The normalized spacial score (nSPS) is 24.3. The molecule has 3 rings (SSSR count). The molecule has 21 heavy (non-hydrogen) atoms. The maximum absolute atomic E-state index is 12.7. The number of amides is 1. The SMILES string of the molecule is Cc1ccc(CN2OCCC(N3CCCCC3)C2=O)cc1. The van der Waals surface area contributed by atoms with Crippen LogP contribution in [0.5, 0.6) is 0 Å². The van der Waals surface area contributed by atoms with Gasteiger partial charge in [-0.05, 0) is 44.8 Å². The van der Waals surface area contributed by atoms with Crippen molar-refractivity contribution in [1.82, 2.24) is 9.96 Å². The van der Waals surface area contributed by atoms with Gasteiger partial charge in [-0.2, -0.15) is 0 Å². The van der Waals surface area contributed by atoms with Gasteiger partial charge in [0.1, 0.15) is 0 Å². The summed E-state index contributed by atoms with van der Waals surface area (Å²) >= 11 is 0. The van der Waals surface area contributed by atoms with Crippen molar-refractivity contribution in [2.24, 2.45) is 0 Å². The van der Waals surface area contributed by atoms with E-state index in [0.717, 1.165) is 25.1 Å². The van der Waals surface area contributed by atoms with Crippen LogP contribution >= 0.6 is 0 Å². The average Bonchev–Trinajstić information content (AvgIpc) is 2.52. The number of nitrogens with zero attached hydrogens (tertiary/aromatic N) is 2. The largest absolute Gasteiger partial charge is 0.292 e. The highest BCUT2D eigenvalue weighted by atomic mass is 16.7. The van der Waals surface area contributed by atoms with Gasteiger partial charge in [-0.3, -0.25) is 14.5 Å². The third kappa shape index (κ3) is 3.44. The summed E-state index contributed by atoms with van der Waals surface area (Å²) < 4.78 is 0. The number of hydroxylamine groups is 2. The highest BCUT2D eigenvalue weighted by Gasteiger charge is 2.34. The van der Waals surface area contributed by atoms with Crippen LogP contribution in [-0.4, -0.2) is 41.6 Å². The van der Waals surface area contributed by atoms with E-state index in [1.54, 1.807) is 5.06 Å². The number of rotatable bonds is 3. The van der Waals surface area contributed by atoms with Gasteiger partial charge in [-0.25, -0.2) is 5.06 Å². The lowest BCUT2D eigenvalue weighted by molar-refractivity contribution is -0.212. The van der Waals surface area contributed by atoms with Crippen molar-refractivity contribution in [2.75, 3.05) is 19.7 Å². The molecule has 1 aromatic carbocycles. The van der Waals surface area contributed by atoms with Gasteiger partial charge in [-0.15, -0.1) is 0 Å². The van der Waals surface area contributed by atoms with Crippen molar-refractivity contribution < 1.29 is 9.63 Å². The van der Waals surface area contributed by atoms with Crippen molar-refractivity contribution in [3.63, 3.8) is 0 Å². The van der Waals surface area contributed by atoms with E-state index >= 15 is 0 Å². The summed E-state index contributed by atoms with van der Waals surface area (Å²) in [7, 11) is 0. The van der Waals surface area contributed by atoms with Gasteiger partial charge in [-0.1, -0.05) is 36.2 Å². The molecule has 2 saturated heterocycles. The molecule has 2 heterocycles. The third-order valence-corrected chi connectivity index (χ3v) is 4.45. The van der Waals surface area contributed by atoms with Crippen LogP contribution in [0.3, 0.4) is 0 Å². The van der Waals surface area contributed by atoms with Gasteiger partial charge in [0, 0.05) is 0 Å². The fourth-order valence-corrected chi connectivity index (χ4v) is 3.18. The molecule has 1 unspecified atom stereocenters. The van der Waals surface area contributed by atoms with Crippen LogP contribution in [0.15, 0.2) is 24.3 Å². The Kier molecular flexibility index (Phi) is 4.56. The average molecular weight is 288 g/mol. The van der Waals surface area contributed by atoms with Gasteiger partial charge in [0.05, 0.1) is 19.2 Å². The van der Waals surface area contributed by atoms with E-state index in [1.807, 2.05) is 0 Å². The molecule has 0 bridgehead atoms. The molecular weight excluding hydrogens is 264 g/mol. The summed E-state index contributed by atoms with van der Waals surface area (Å²) in [6.07, 6.45) is 4.54.